The first-order chi connectivity index (χ1) is 8.72. The van der Waals surface area contributed by atoms with Crippen LogP contribution in [0.15, 0.2) is 48.8 Å². The Bertz CT molecular complexity index is 522. The van der Waals surface area contributed by atoms with Gasteiger partial charge in [0.05, 0.1) is 7.11 Å². The lowest BCUT2D eigenvalue weighted by molar-refractivity contribution is 0.0747. The molecule has 0 aliphatic carbocycles. The topological polar surface area (TPSA) is 59.4 Å². The Labute approximate surface area is 105 Å². The van der Waals surface area contributed by atoms with E-state index in [4.69, 9.17) is 4.74 Å². The summed E-state index contributed by atoms with van der Waals surface area (Å²) < 4.78 is 5.01. The lowest BCUT2D eigenvalue weighted by Gasteiger charge is -2.10. The number of aromatic nitrogens is 1. The number of hydrogen-bond donors (Lipinski definition) is 1. The number of carbonyl (C=O) groups excluding carboxylic acids is 1. The molecule has 92 valence electrons. The van der Waals surface area contributed by atoms with E-state index in [2.05, 4.69) is 4.98 Å². The van der Waals surface area contributed by atoms with E-state index >= 15 is 0 Å². The van der Waals surface area contributed by atoms with E-state index in [1.807, 2.05) is 0 Å². The molecule has 0 aliphatic rings. The molecule has 2 rings (SSSR count). The third-order valence-corrected chi connectivity index (χ3v) is 2.64. The van der Waals surface area contributed by atoms with Crippen molar-refractivity contribution < 1.29 is 14.6 Å². The van der Waals surface area contributed by atoms with Crippen LogP contribution in [0.4, 0.5) is 0 Å². The van der Waals surface area contributed by atoms with Crippen LogP contribution in [0.2, 0.25) is 0 Å². The number of nitrogens with zero attached hydrogens (tertiary/aromatic N) is 1. The van der Waals surface area contributed by atoms with Gasteiger partial charge in [0.2, 0.25) is 0 Å². The molecule has 0 amide bonds. The van der Waals surface area contributed by atoms with Crippen molar-refractivity contribution in [1.82, 2.24) is 4.98 Å². The molecule has 0 fully saturated rings. The van der Waals surface area contributed by atoms with Crippen LogP contribution >= 0.6 is 0 Å². The number of pyridine rings is 1. The number of benzene rings is 1. The molecule has 4 heteroatoms. The van der Waals surface area contributed by atoms with E-state index in [0.717, 1.165) is 0 Å². The van der Waals surface area contributed by atoms with Crippen LogP contribution in [-0.2, 0) is 0 Å². The van der Waals surface area contributed by atoms with Crippen molar-refractivity contribution in [3.63, 3.8) is 0 Å². The van der Waals surface area contributed by atoms with Gasteiger partial charge in [-0.25, -0.2) is 0 Å². The number of Topliss-reactive ketones (excluding diaryl/α,β-unsaturated/α-hetero) is 1. The molecule has 1 aromatic heterocycles. The summed E-state index contributed by atoms with van der Waals surface area (Å²) in [5.41, 5.74) is 0.978. The van der Waals surface area contributed by atoms with Crippen LogP contribution < -0.4 is 4.74 Å². The van der Waals surface area contributed by atoms with Gasteiger partial charge in [-0.2, -0.15) is 0 Å². The minimum absolute atomic E-state index is 0.344. The second-order valence-corrected chi connectivity index (χ2v) is 3.78. The van der Waals surface area contributed by atoms with Crippen molar-refractivity contribution >= 4 is 5.78 Å². The number of aliphatic hydroxyl groups is 1. The van der Waals surface area contributed by atoms with Crippen LogP contribution in [-0.4, -0.2) is 23.0 Å². The molecule has 18 heavy (non-hydrogen) atoms. The van der Waals surface area contributed by atoms with Gasteiger partial charge in [-0.15, -0.1) is 0 Å². The molecule has 1 N–H and O–H groups in total. The number of methoxy groups -OCH3 is 1. The summed E-state index contributed by atoms with van der Waals surface area (Å²) in [6.45, 7) is 0. The minimum atomic E-state index is -1.17. The Hall–Kier alpha value is -2.20. The summed E-state index contributed by atoms with van der Waals surface area (Å²) in [5, 5.41) is 9.96. The first kappa shape index (κ1) is 12.3. The smallest absolute Gasteiger partial charge is 0.195 e. The minimum Gasteiger partial charge on any atom is -0.497 e. The van der Waals surface area contributed by atoms with Crippen LogP contribution in [0.1, 0.15) is 22.0 Å². The summed E-state index contributed by atoms with van der Waals surface area (Å²) in [6, 6.07) is 9.87. The van der Waals surface area contributed by atoms with Gasteiger partial charge in [-0.05, 0) is 42.0 Å². The van der Waals surface area contributed by atoms with Crippen molar-refractivity contribution in [3.05, 3.63) is 59.9 Å². The molecule has 0 aliphatic heterocycles. The van der Waals surface area contributed by atoms with E-state index in [-0.39, 0.29) is 5.78 Å². The predicted octanol–water partition coefficient (Wildman–Crippen LogP) is 2.01. The summed E-state index contributed by atoms with van der Waals surface area (Å²) >= 11 is 0. The highest BCUT2D eigenvalue weighted by Crippen LogP contribution is 2.19. The second-order valence-electron chi connectivity index (χ2n) is 3.78. The molecule has 0 saturated heterocycles. The Morgan fingerprint density at radius 1 is 1.17 bits per heavy atom. The molecule has 1 aromatic carbocycles. The third kappa shape index (κ3) is 2.55. The number of ether oxygens (including phenoxy) is 1. The number of ketones is 1. The van der Waals surface area contributed by atoms with Gasteiger partial charge in [-0.1, -0.05) is 0 Å². The van der Waals surface area contributed by atoms with Gasteiger partial charge >= 0.3 is 0 Å². The molecule has 0 spiro atoms. The van der Waals surface area contributed by atoms with Crippen molar-refractivity contribution in [1.29, 1.82) is 0 Å². The Kier molecular flexibility index (Phi) is 3.69. The molecule has 1 heterocycles. The van der Waals surface area contributed by atoms with Crippen LogP contribution in [0.25, 0.3) is 0 Å². The monoisotopic (exact) mass is 243 g/mol. The zero-order chi connectivity index (χ0) is 13.0. The zero-order valence-electron chi connectivity index (χ0n) is 9.91. The fourth-order valence-corrected chi connectivity index (χ4v) is 1.61. The molecule has 4 nitrogen and oxygen atoms in total. The van der Waals surface area contributed by atoms with E-state index in [1.165, 1.54) is 0 Å². The van der Waals surface area contributed by atoms with Gasteiger partial charge in [-0.3, -0.25) is 9.78 Å². The Morgan fingerprint density at radius 2 is 1.78 bits per heavy atom. The van der Waals surface area contributed by atoms with E-state index in [1.54, 1.807) is 55.9 Å². The van der Waals surface area contributed by atoms with Gasteiger partial charge in [0.15, 0.2) is 5.78 Å². The SMILES string of the molecule is COc1ccc(C(=O)[C@H](O)c2ccncc2)cc1. The Balaban J connectivity index is 2.20. The van der Waals surface area contributed by atoms with Crippen LogP contribution in [0.5, 0.6) is 5.75 Å². The highest BCUT2D eigenvalue weighted by atomic mass is 16.5. The van der Waals surface area contributed by atoms with Crippen molar-refractivity contribution in [2.75, 3.05) is 7.11 Å². The number of aliphatic hydroxyl groups excluding tert-OH is 1. The average Bonchev–Trinajstić information content (AvgIpc) is 2.47. The predicted molar refractivity (Wildman–Crippen MR) is 66.5 cm³/mol. The number of hydrogen-bond acceptors (Lipinski definition) is 4. The van der Waals surface area contributed by atoms with Crippen LogP contribution in [0, 0.1) is 0 Å². The second kappa shape index (κ2) is 5.42. The lowest BCUT2D eigenvalue weighted by Crippen LogP contribution is -2.12. The molecule has 0 saturated carbocycles. The lowest BCUT2D eigenvalue weighted by atomic mass is 10.0. The first-order valence-electron chi connectivity index (χ1n) is 5.48. The van der Waals surface area contributed by atoms with E-state index < -0.39 is 6.10 Å². The van der Waals surface area contributed by atoms with Gasteiger partial charge in [0.1, 0.15) is 11.9 Å². The summed E-state index contributed by atoms with van der Waals surface area (Å²) in [4.78, 5) is 15.9. The van der Waals surface area contributed by atoms with E-state index in [9.17, 15) is 9.90 Å². The molecule has 0 radical (unpaired) electrons. The van der Waals surface area contributed by atoms with Crippen molar-refractivity contribution in [2.45, 2.75) is 6.10 Å². The highest BCUT2D eigenvalue weighted by molar-refractivity contribution is 5.99. The quantitative estimate of drug-likeness (QED) is 0.834. The number of rotatable bonds is 4. The van der Waals surface area contributed by atoms with Gasteiger partial charge in [0, 0.05) is 18.0 Å². The summed E-state index contributed by atoms with van der Waals surface area (Å²) in [5.74, 6) is 0.328. The molecular weight excluding hydrogens is 230 g/mol. The summed E-state index contributed by atoms with van der Waals surface area (Å²) in [6.07, 6.45) is 1.92. The van der Waals surface area contributed by atoms with Crippen LogP contribution in [0.3, 0.4) is 0 Å². The van der Waals surface area contributed by atoms with Crippen molar-refractivity contribution in [2.24, 2.45) is 0 Å². The molecule has 1 atom stereocenters. The average molecular weight is 243 g/mol. The summed E-state index contributed by atoms with van der Waals surface area (Å²) in [7, 11) is 1.56. The molecular formula is C14H13NO3. The molecule has 2 aromatic rings. The molecule has 0 bridgehead atoms. The normalized spacial score (nSPS) is 11.9. The fraction of sp³-hybridized carbons (Fsp3) is 0.143. The maximum absolute atomic E-state index is 12.0. The maximum Gasteiger partial charge on any atom is 0.195 e. The van der Waals surface area contributed by atoms with Crippen molar-refractivity contribution in [3.8, 4) is 5.75 Å². The number of carbonyl (C=O) groups is 1. The Morgan fingerprint density at radius 3 is 2.33 bits per heavy atom. The third-order valence-electron chi connectivity index (χ3n) is 2.64. The van der Waals surface area contributed by atoms with Gasteiger partial charge in [0.25, 0.3) is 0 Å². The molecule has 0 unspecified atom stereocenters. The fourth-order valence-electron chi connectivity index (χ4n) is 1.61. The first-order valence-corrected chi connectivity index (χ1v) is 5.48. The van der Waals surface area contributed by atoms with Gasteiger partial charge < -0.3 is 9.84 Å². The largest absolute Gasteiger partial charge is 0.497 e. The zero-order valence-corrected chi connectivity index (χ0v) is 9.91. The standard InChI is InChI=1S/C14H13NO3/c1-18-12-4-2-10(3-5-12)13(16)14(17)11-6-8-15-9-7-11/h2-9,14,17H,1H3/t14-/m1/s1. The maximum atomic E-state index is 12.0. The highest BCUT2D eigenvalue weighted by Gasteiger charge is 2.18. The van der Waals surface area contributed by atoms with E-state index in [0.29, 0.717) is 16.9 Å².